The lowest BCUT2D eigenvalue weighted by Gasteiger charge is -2.20. The number of aromatic nitrogens is 3. The van der Waals surface area contributed by atoms with Gasteiger partial charge in [-0.1, -0.05) is 11.8 Å². The molecule has 1 rings (SSSR count). The van der Waals surface area contributed by atoms with Gasteiger partial charge in [0.25, 0.3) is 0 Å². The number of methoxy groups -OCH3 is 1. The summed E-state index contributed by atoms with van der Waals surface area (Å²) < 4.78 is 6.46. The molecule has 0 aliphatic heterocycles. The first-order chi connectivity index (χ1) is 7.38. The molecule has 7 heteroatoms. The number of aryl methyl sites for hydroxylation is 1. The second kappa shape index (κ2) is 4.84. The number of carbonyl (C=O) groups excluding carboxylic acids is 1. The van der Waals surface area contributed by atoms with E-state index in [1.807, 2.05) is 18.5 Å². The van der Waals surface area contributed by atoms with Gasteiger partial charge >= 0.3 is 5.97 Å². The van der Waals surface area contributed by atoms with Gasteiger partial charge in [0.15, 0.2) is 5.16 Å². The molecule has 6 nitrogen and oxygen atoms in total. The Morgan fingerprint density at radius 1 is 1.62 bits per heavy atom. The third-order valence-electron chi connectivity index (χ3n) is 2.21. The van der Waals surface area contributed by atoms with Gasteiger partial charge in [0.2, 0.25) is 0 Å². The zero-order valence-corrected chi connectivity index (χ0v) is 10.7. The van der Waals surface area contributed by atoms with Crippen molar-refractivity contribution < 1.29 is 9.53 Å². The van der Waals surface area contributed by atoms with Gasteiger partial charge in [-0.3, -0.25) is 4.79 Å². The number of nitrogens with zero attached hydrogens (tertiary/aromatic N) is 3. The molecular formula is C9H16N4O2S. The summed E-state index contributed by atoms with van der Waals surface area (Å²) in [6, 6.07) is 0. The molecule has 16 heavy (non-hydrogen) atoms. The number of esters is 1. The van der Waals surface area contributed by atoms with Gasteiger partial charge in [0, 0.05) is 12.8 Å². The Bertz CT molecular complexity index is 389. The first-order valence-corrected chi connectivity index (χ1v) is 5.73. The SMILES string of the molecule is COC(=O)C(C)(N)CSc1nnc(C)n1C. The minimum Gasteiger partial charge on any atom is -0.468 e. The normalized spacial score (nSPS) is 14.6. The molecule has 0 fully saturated rings. The predicted octanol–water partition coefficient (Wildman–Crippen LogP) is 0.106. The Hall–Kier alpha value is -1.08. The molecule has 0 saturated carbocycles. The fourth-order valence-electron chi connectivity index (χ4n) is 1.02. The van der Waals surface area contributed by atoms with Crippen LogP contribution in [0.2, 0.25) is 0 Å². The number of carbonyl (C=O) groups is 1. The van der Waals surface area contributed by atoms with E-state index in [0.29, 0.717) is 5.75 Å². The van der Waals surface area contributed by atoms with Crippen molar-refractivity contribution in [1.29, 1.82) is 0 Å². The summed E-state index contributed by atoms with van der Waals surface area (Å²) in [5.74, 6) is 0.782. The van der Waals surface area contributed by atoms with Crippen LogP contribution in [-0.2, 0) is 16.6 Å². The number of thioether (sulfide) groups is 1. The van der Waals surface area contributed by atoms with E-state index < -0.39 is 11.5 Å². The van der Waals surface area contributed by atoms with Crippen molar-refractivity contribution in [2.45, 2.75) is 24.5 Å². The molecule has 90 valence electrons. The van der Waals surface area contributed by atoms with Gasteiger partial charge < -0.3 is 15.0 Å². The Morgan fingerprint density at radius 2 is 2.25 bits per heavy atom. The summed E-state index contributed by atoms with van der Waals surface area (Å²) in [7, 11) is 3.19. The third-order valence-corrected chi connectivity index (χ3v) is 3.56. The maximum atomic E-state index is 11.3. The van der Waals surface area contributed by atoms with Crippen LogP contribution in [0.1, 0.15) is 12.7 Å². The molecule has 1 atom stereocenters. The van der Waals surface area contributed by atoms with Crippen molar-refractivity contribution in [1.82, 2.24) is 14.8 Å². The van der Waals surface area contributed by atoms with Crippen LogP contribution in [0.4, 0.5) is 0 Å². The highest BCUT2D eigenvalue weighted by atomic mass is 32.2. The highest BCUT2D eigenvalue weighted by molar-refractivity contribution is 7.99. The van der Waals surface area contributed by atoms with Crippen LogP contribution in [0.15, 0.2) is 5.16 Å². The predicted molar refractivity (Wildman–Crippen MR) is 61.1 cm³/mol. The van der Waals surface area contributed by atoms with Crippen molar-refractivity contribution in [2.75, 3.05) is 12.9 Å². The van der Waals surface area contributed by atoms with Gasteiger partial charge in [-0.15, -0.1) is 10.2 Å². The van der Waals surface area contributed by atoms with Gasteiger partial charge in [0.1, 0.15) is 11.4 Å². The fraction of sp³-hybridized carbons (Fsp3) is 0.667. The highest BCUT2D eigenvalue weighted by Crippen LogP contribution is 2.20. The average molecular weight is 244 g/mol. The molecule has 0 radical (unpaired) electrons. The average Bonchev–Trinajstić information content (AvgIpc) is 2.56. The molecule has 0 aliphatic carbocycles. The lowest BCUT2D eigenvalue weighted by Crippen LogP contribution is -2.48. The molecule has 0 bridgehead atoms. The largest absolute Gasteiger partial charge is 0.468 e. The Balaban J connectivity index is 2.64. The maximum absolute atomic E-state index is 11.3. The second-order valence-corrected chi connectivity index (χ2v) is 4.73. The summed E-state index contributed by atoms with van der Waals surface area (Å²) in [4.78, 5) is 11.3. The van der Waals surface area contributed by atoms with Crippen LogP contribution in [0.25, 0.3) is 0 Å². The molecule has 0 aromatic carbocycles. The third kappa shape index (κ3) is 2.73. The minimum absolute atomic E-state index is 0.394. The molecule has 0 aliphatic rings. The lowest BCUT2D eigenvalue weighted by atomic mass is 10.1. The monoisotopic (exact) mass is 244 g/mol. The molecule has 1 heterocycles. The fourth-order valence-corrected chi connectivity index (χ4v) is 1.99. The smallest absolute Gasteiger partial charge is 0.326 e. The van der Waals surface area contributed by atoms with E-state index in [9.17, 15) is 4.79 Å². The first kappa shape index (κ1) is 13.0. The van der Waals surface area contributed by atoms with Crippen molar-refractivity contribution >= 4 is 17.7 Å². The van der Waals surface area contributed by atoms with Crippen LogP contribution in [0.3, 0.4) is 0 Å². The summed E-state index contributed by atoms with van der Waals surface area (Å²) in [6.45, 7) is 3.49. The van der Waals surface area contributed by atoms with Crippen molar-refractivity contribution in [3.8, 4) is 0 Å². The van der Waals surface area contributed by atoms with E-state index in [1.54, 1.807) is 6.92 Å². The summed E-state index contributed by atoms with van der Waals surface area (Å²) >= 11 is 1.38. The zero-order chi connectivity index (χ0) is 12.3. The lowest BCUT2D eigenvalue weighted by molar-refractivity contribution is -0.145. The molecule has 2 N–H and O–H groups in total. The van der Waals surface area contributed by atoms with Crippen LogP contribution < -0.4 is 5.73 Å². The van der Waals surface area contributed by atoms with Crippen molar-refractivity contribution in [2.24, 2.45) is 12.8 Å². The molecule has 1 aromatic rings. The van der Waals surface area contributed by atoms with Crippen LogP contribution in [0, 0.1) is 6.92 Å². The maximum Gasteiger partial charge on any atom is 0.326 e. The molecule has 0 spiro atoms. The summed E-state index contributed by atoms with van der Waals surface area (Å²) in [5.41, 5.74) is 4.81. The van der Waals surface area contributed by atoms with Gasteiger partial charge in [0.05, 0.1) is 7.11 Å². The Labute approximate surface area is 98.6 Å². The van der Waals surface area contributed by atoms with Crippen LogP contribution in [0.5, 0.6) is 0 Å². The quantitative estimate of drug-likeness (QED) is 0.597. The number of rotatable bonds is 4. The Kier molecular flexibility index (Phi) is 3.93. The van der Waals surface area contributed by atoms with E-state index >= 15 is 0 Å². The molecule has 1 unspecified atom stereocenters. The van der Waals surface area contributed by atoms with Crippen LogP contribution >= 0.6 is 11.8 Å². The molecule has 0 saturated heterocycles. The standard InChI is InChI=1S/C9H16N4O2S/c1-6-11-12-8(13(6)3)16-5-9(2,10)7(14)15-4/h5,10H2,1-4H3. The van der Waals surface area contributed by atoms with Gasteiger partial charge in [-0.2, -0.15) is 0 Å². The van der Waals surface area contributed by atoms with E-state index in [1.165, 1.54) is 18.9 Å². The number of hydrogen-bond donors (Lipinski definition) is 1. The molecule has 0 amide bonds. The summed E-state index contributed by atoms with van der Waals surface area (Å²) in [6.07, 6.45) is 0. The van der Waals surface area contributed by atoms with Crippen LogP contribution in [-0.4, -0.2) is 39.1 Å². The van der Waals surface area contributed by atoms with E-state index in [-0.39, 0.29) is 0 Å². The van der Waals surface area contributed by atoms with E-state index in [0.717, 1.165) is 11.0 Å². The topological polar surface area (TPSA) is 83.0 Å². The van der Waals surface area contributed by atoms with Gasteiger partial charge in [-0.25, -0.2) is 0 Å². The number of hydrogen-bond acceptors (Lipinski definition) is 6. The van der Waals surface area contributed by atoms with Crippen molar-refractivity contribution in [3.05, 3.63) is 5.82 Å². The summed E-state index contributed by atoms with van der Waals surface area (Å²) in [5, 5.41) is 8.62. The van der Waals surface area contributed by atoms with Crippen molar-refractivity contribution in [3.63, 3.8) is 0 Å². The number of nitrogens with two attached hydrogens (primary N) is 1. The van der Waals surface area contributed by atoms with Gasteiger partial charge in [-0.05, 0) is 13.8 Å². The van der Waals surface area contributed by atoms with E-state index in [2.05, 4.69) is 14.9 Å². The number of ether oxygens (including phenoxy) is 1. The minimum atomic E-state index is -1.01. The molecular weight excluding hydrogens is 228 g/mol. The zero-order valence-electron chi connectivity index (χ0n) is 9.85. The second-order valence-electron chi connectivity index (χ2n) is 3.79. The first-order valence-electron chi connectivity index (χ1n) is 4.74. The Morgan fingerprint density at radius 3 is 2.69 bits per heavy atom. The highest BCUT2D eigenvalue weighted by Gasteiger charge is 2.30. The molecule has 1 aromatic heterocycles. The van der Waals surface area contributed by atoms with E-state index in [4.69, 9.17) is 5.73 Å².